The van der Waals surface area contributed by atoms with Crippen LogP contribution in [0.1, 0.15) is 10.4 Å². The number of amides is 1. The lowest BCUT2D eigenvalue weighted by Crippen LogP contribution is -2.13. The molecular weight excluding hydrogens is 310 g/mol. The van der Waals surface area contributed by atoms with Crippen molar-refractivity contribution in [2.45, 2.75) is 0 Å². The molecule has 3 aromatic rings. The number of pyridine rings is 1. The summed E-state index contributed by atoms with van der Waals surface area (Å²) in [4.78, 5) is 16.4. The van der Waals surface area contributed by atoms with E-state index in [2.05, 4.69) is 35.9 Å². The maximum Gasteiger partial charge on any atom is 0.259 e. The molecule has 0 spiro atoms. The minimum absolute atomic E-state index is 0.273. The largest absolute Gasteiger partial charge is 0.363 e. The number of hydrogen-bond acceptors (Lipinski definition) is 4. The van der Waals surface area contributed by atoms with Gasteiger partial charge in [0.25, 0.3) is 5.91 Å². The molecule has 6 heteroatoms. The highest BCUT2D eigenvalue weighted by molar-refractivity contribution is 9.10. The third kappa shape index (κ3) is 2.22. The number of halogens is 1. The van der Waals surface area contributed by atoms with Crippen LogP contribution < -0.4 is 5.32 Å². The Kier molecular flexibility index (Phi) is 3.00. The van der Waals surface area contributed by atoms with Crippen LogP contribution in [-0.4, -0.2) is 16.0 Å². The summed E-state index contributed by atoms with van der Waals surface area (Å²) < 4.78 is 5.57. The Morgan fingerprint density at radius 1 is 1.26 bits per heavy atom. The molecule has 5 nitrogen and oxygen atoms in total. The average molecular weight is 318 g/mol. The SMILES string of the molecule is O=C(Nc1ccon1)c1ccc(Br)c2cccnc12. The number of carbonyl (C=O) groups is 1. The van der Waals surface area contributed by atoms with Gasteiger partial charge in [-0.25, -0.2) is 0 Å². The molecule has 1 N–H and O–H groups in total. The monoisotopic (exact) mass is 317 g/mol. The van der Waals surface area contributed by atoms with Gasteiger partial charge in [0.15, 0.2) is 5.82 Å². The molecule has 1 aromatic carbocycles. The highest BCUT2D eigenvalue weighted by atomic mass is 79.9. The molecular formula is C13H8BrN3O2. The second-order valence-corrected chi connectivity index (χ2v) is 4.69. The van der Waals surface area contributed by atoms with Crippen LogP contribution >= 0.6 is 15.9 Å². The van der Waals surface area contributed by atoms with Crippen molar-refractivity contribution in [3.05, 3.63) is 52.8 Å². The fourth-order valence-electron chi connectivity index (χ4n) is 1.78. The lowest BCUT2D eigenvalue weighted by atomic mass is 10.1. The predicted octanol–water partition coefficient (Wildman–Crippen LogP) is 3.24. The summed E-state index contributed by atoms with van der Waals surface area (Å²) in [5.74, 6) is 0.0992. The first-order valence-electron chi connectivity index (χ1n) is 5.50. The number of aromatic nitrogens is 2. The Morgan fingerprint density at radius 2 is 2.16 bits per heavy atom. The van der Waals surface area contributed by atoms with Crippen LogP contribution in [-0.2, 0) is 0 Å². The van der Waals surface area contributed by atoms with Crippen molar-refractivity contribution in [2.75, 3.05) is 5.32 Å². The third-order valence-electron chi connectivity index (χ3n) is 2.64. The predicted molar refractivity (Wildman–Crippen MR) is 73.9 cm³/mol. The van der Waals surface area contributed by atoms with Gasteiger partial charge in [0, 0.05) is 22.1 Å². The first-order valence-corrected chi connectivity index (χ1v) is 6.30. The molecule has 0 fully saturated rings. The van der Waals surface area contributed by atoms with Gasteiger partial charge >= 0.3 is 0 Å². The number of hydrogen-bond donors (Lipinski definition) is 1. The van der Waals surface area contributed by atoms with E-state index in [0.717, 1.165) is 9.86 Å². The quantitative estimate of drug-likeness (QED) is 0.787. The molecule has 0 aliphatic heterocycles. The first-order chi connectivity index (χ1) is 9.25. The fraction of sp³-hybridized carbons (Fsp3) is 0. The number of benzene rings is 1. The van der Waals surface area contributed by atoms with E-state index in [0.29, 0.717) is 16.9 Å². The van der Waals surface area contributed by atoms with Crippen LogP contribution in [0, 0.1) is 0 Å². The number of carbonyl (C=O) groups excluding carboxylic acids is 1. The van der Waals surface area contributed by atoms with Gasteiger partial charge in [-0.2, -0.15) is 0 Å². The molecule has 2 aromatic heterocycles. The normalized spacial score (nSPS) is 10.6. The summed E-state index contributed by atoms with van der Waals surface area (Å²) >= 11 is 3.44. The van der Waals surface area contributed by atoms with E-state index in [1.54, 1.807) is 18.3 Å². The smallest absolute Gasteiger partial charge is 0.259 e. The van der Waals surface area contributed by atoms with E-state index < -0.39 is 0 Å². The van der Waals surface area contributed by atoms with Crippen LogP contribution in [0.25, 0.3) is 10.9 Å². The van der Waals surface area contributed by atoms with Crippen molar-refractivity contribution in [1.82, 2.24) is 10.1 Å². The van der Waals surface area contributed by atoms with Gasteiger partial charge < -0.3 is 9.84 Å². The molecule has 1 amide bonds. The zero-order valence-corrected chi connectivity index (χ0v) is 11.2. The van der Waals surface area contributed by atoms with Gasteiger partial charge in [-0.15, -0.1) is 0 Å². The highest BCUT2D eigenvalue weighted by Crippen LogP contribution is 2.25. The van der Waals surface area contributed by atoms with Crippen molar-refractivity contribution in [2.24, 2.45) is 0 Å². The number of fused-ring (bicyclic) bond motifs is 1. The number of nitrogens with zero attached hydrogens (tertiary/aromatic N) is 2. The molecule has 0 saturated heterocycles. The topological polar surface area (TPSA) is 68.0 Å². The minimum atomic E-state index is -0.273. The van der Waals surface area contributed by atoms with Gasteiger partial charge in [-0.05, 0) is 18.2 Å². The van der Waals surface area contributed by atoms with Crippen molar-refractivity contribution >= 4 is 38.6 Å². The Hall–Kier alpha value is -2.21. The van der Waals surface area contributed by atoms with Crippen molar-refractivity contribution in [1.29, 1.82) is 0 Å². The van der Waals surface area contributed by atoms with Gasteiger partial charge in [-0.3, -0.25) is 9.78 Å². The van der Waals surface area contributed by atoms with E-state index >= 15 is 0 Å². The Labute approximate surface area is 116 Å². The van der Waals surface area contributed by atoms with E-state index in [1.165, 1.54) is 6.26 Å². The summed E-state index contributed by atoms with van der Waals surface area (Å²) in [5.41, 5.74) is 1.12. The minimum Gasteiger partial charge on any atom is -0.363 e. The maximum absolute atomic E-state index is 12.2. The molecule has 0 aliphatic rings. The second-order valence-electron chi connectivity index (χ2n) is 3.83. The van der Waals surface area contributed by atoms with Crippen LogP contribution in [0.4, 0.5) is 5.82 Å². The first kappa shape index (κ1) is 11.9. The second kappa shape index (κ2) is 4.81. The van der Waals surface area contributed by atoms with Crippen molar-refractivity contribution in [3.63, 3.8) is 0 Å². The fourth-order valence-corrected chi connectivity index (χ4v) is 2.23. The average Bonchev–Trinajstić information content (AvgIpc) is 2.92. The van der Waals surface area contributed by atoms with Crippen LogP contribution in [0.15, 0.2) is 51.8 Å². The Bertz CT molecular complexity index is 741. The zero-order chi connectivity index (χ0) is 13.2. The van der Waals surface area contributed by atoms with Crippen molar-refractivity contribution in [3.8, 4) is 0 Å². The summed E-state index contributed by atoms with van der Waals surface area (Å²) in [6.45, 7) is 0. The highest BCUT2D eigenvalue weighted by Gasteiger charge is 2.13. The number of nitrogens with one attached hydrogen (secondary N) is 1. The molecule has 0 unspecified atom stereocenters. The molecule has 2 heterocycles. The maximum atomic E-state index is 12.2. The molecule has 0 saturated carbocycles. The summed E-state index contributed by atoms with van der Waals surface area (Å²) in [6, 6.07) is 8.84. The lowest BCUT2D eigenvalue weighted by Gasteiger charge is -2.06. The Morgan fingerprint density at radius 3 is 2.95 bits per heavy atom. The summed E-state index contributed by atoms with van der Waals surface area (Å²) in [5, 5.41) is 7.18. The summed E-state index contributed by atoms with van der Waals surface area (Å²) in [7, 11) is 0. The summed E-state index contributed by atoms with van der Waals surface area (Å²) in [6.07, 6.45) is 3.05. The Balaban J connectivity index is 2.05. The van der Waals surface area contributed by atoms with Gasteiger partial charge in [-0.1, -0.05) is 27.2 Å². The lowest BCUT2D eigenvalue weighted by molar-refractivity contribution is 0.102. The zero-order valence-electron chi connectivity index (χ0n) is 9.63. The standard InChI is InChI=1S/C13H8BrN3O2/c14-10-4-3-9(12-8(10)2-1-6-15-12)13(18)16-11-5-7-19-17-11/h1-7H,(H,16,17,18). The molecule has 0 atom stereocenters. The van der Waals surface area contributed by atoms with Gasteiger partial charge in [0.05, 0.1) is 11.1 Å². The van der Waals surface area contributed by atoms with Gasteiger partial charge in [0.2, 0.25) is 0 Å². The number of anilines is 1. The van der Waals surface area contributed by atoms with E-state index in [9.17, 15) is 4.79 Å². The molecule has 94 valence electrons. The van der Waals surface area contributed by atoms with E-state index in [4.69, 9.17) is 0 Å². The molecule has 3 rings (SSSR count). The third-order valence-corrected chi connectivity index (χ3v) is 3.33. The molecule has 19 heavy (non-hydrogen) atoms. The molecule has 0 aliphatic carbocycles. The van der Waals surface area contributed by atoms with E-state index in [1.807, 2.05) is 18.2 Å². The molecule has 0 radical (unpaired) electrons. The van der Waals surface area contributed by atoms with Gasteiger partial charge in [0.1, 0.15) is 6.26 Å². The van der Waals surface area contributed by atoms with Crippen molar-refractivity contribution < 1.29 is 9.32 Å². The van der Waals surface area contributed by atoms with Crippen LogP contribution in [0.3, 0.4) is 0 Å². The van der Waals surface area contributed by atoms with Crippen LogP contribution in [0.5, 0.6) is 0 Å². The number of rotatable bonds is 2. The molecule has 0 bridgehead atoms. The van der Waals surface area contributed by atoms with Crippen LogP contribution in [0.2, 0.25) is 0 Å². The van der Waals surface area contributed by atoms with E-state index in [-0.39, 0.29) is 5.91 Å².